The molecule has 1 aromatic rings. The Labute approximate surface area is 111 Å². The Morgan fingerprint density at radius 2 is 2.11 bits per heavy atom. The topological polar surface area (TPSA) is 96.1 Å². The molecule has 0 aromatic carbocycles. The molecule has 0 amide bonds. The second-order valence-corrected chi connectivity index (χ2v) is 5.00. The Morgan fingerprint density at radius 1 is 1.39 bits per heavy atom. The molecule has 0 unspecified atom stereocenters. The molecule has 0 aliphatic heterocycles. The first-order valence-electron chi connectivity index (χ1n) is 6.10. The van der Waals surface area contributed by atoms with Crippen molar-refractivity contribution in [3.8, 4) is 0 Å². The summed E-state index contributed by atoms with van der Waals surface area (Å²) in [6, 6.07) is 0. The lowest BCUT2D eigenvalue weighted by atomic mass is 9.87. The predicted molar refractivity (Wildman–Crippen MR) is 71.3 cm³/mol. The lowest BCUT2D eigenvalue weighted by Crippen LogP contribution is -2.24. The maximum absolute atomic E-state index is 9.44. The number of hydrogen-bond acceptors (Lipinski definition) is 6. The molecule has 1 heterocycles. The summed E-state index contributed by atoms with van der Waals surface area (Å²) in [4.78, 5) is 8.06. The SMILES string of the molecule is NNc1ncc(Cl)c(NCC2CCC(O)CC2)n1. The molecule has 7 heteroatoms. The van der Waals surface area contributed by atoms with E-state index in [2.05, 4.69) is 20.7 Å². The van der Waals surface area contributed by atoms with Gasteiger partial charge in [0, 0.05) is 6.54 Å². The van der Waals surface area contributed by atoms with Crippen LogP contribution in [0.2, 0.25) is 5.02 Å². The largest absolute Gasteiger partial charge is 0.393 e. The monoisotopic (exact) mass is 271 g/mol. The van der Waals surface area contributed by atoms with Crippen LogP contribution in [0.4, 0.5) is 11.8 Å². The molecular weight excluding hydrogens is 254 g/mol. The number of nitrogens with two attached hydrogens (primary N) is 1. The number of aromatic nitrogens is 2. The predicted octanol–water partition coefficient (Wildman–Crippen LogP) is 1.38. The molecule has 1 aliphatic rings. The van der Waals surface area contributed by atoms with E-state index in [-0.39, 0.29) is 6.10 Å². The fraction of sp³-hybridized carbons (Fsp3) is 0.636. The van der Waals surface area contributed by atoms with E-state index in [1.165, 1.54) is 6.20 Å². The lowest BCUT2D eigenvalue weighted by molar-refractivity contribution is 0.111. The second-order valence-electron chi connectivity index (χ2n) is 4.59. The van der Waals surface area contributed by atoms with Crippen LogP contribution < -0.4 is 16.6 Å². The van der Waals surface area contributed by atoms with Gasteiger partial charge < -0.3 is 10.4 Å². The Kier molecular flexibility index (Phi) is 4.57. The standard InChI is InChI=1S/C11H18ClN5O/c12-9-6-15-11(17-13)16-10(9)14-5-7-1-3-8(18)4-2-7/h6-8,18H,1-5,13H2,(H2,14,15,16,17). The van der Waals surface area contributed by atoms with E-state index >= 15 is 0 Å². The smallest absolute Gasteiger partial charge is 0.239 e. The minimum atomic E-state index is -0.128. The van der Waals surface area contributed by atoms with Crippen molar-refractivity contribution in [3.63, 3.8) is 0 Å². The van der Waals surface area contributed by atoms with Crippen LogP contribution in [0, 0.1) is 5.92 Å². The number of aliphatic hydroxyl groups excluding tert-OH is 1. The highest BCUT2D eigenvalue weighted by atomic mass is 35.5. The zero-order valence-electron chi connectivity index (χ0n) is 10.1. The summed E-state index contributed by atoms with van der Waals surface area (Å²) in [5, 5.41) is 13.1. The van der Waals surface area contributed by atoms with Crippen molar-refractivity contribution in [1.29, 1.82) is 0 Å². The Bertz CT molecular complexity index is 395. The summed E-state index contributed by atoms with van der Waals surface area (Å²) in [6.45, 7) is 0.799. The van der Waals surface area contributed by atoms with E-state index in [0.29, 0.717) is 22.7 Å². The van der Waals surface area contributed by atoms with Crippen LogP contribution >= 0.6 is 11.6 Å². The van der Waals surface area contributed by atoms with Crippen LogP contribution in [-0.4, -0.2) is 27.7 Å². The molecule has 0 spiro atoms. The van der Waals surface area contributed by atoms with Gasteiger partial charge in [0.15, 0.2) is 5.82 Å². The number of nitrogens with one attached hydrogen (secondary N) is 2. The van der Waals surface area contributed by atoms with Crippen molar-refractivity contribution in [2.45, 2.75) is 31.8 Å². The van der Waals surface area contributed by atoms with Crippen LogP contribution in [0.25, 0.3) is 0 Å². The minimum absolute atomic E-state index is 0.128. The van der Waals surface area contributed by atoms with E-state index in [1.54, 1.807) is 0 Å². The van der Waals surface area contributed by atoms with Gasteiger partial charge in [-0.15, -0.1) is 0 Å². The van der Waals surface area contributed by atoms with E-state index in [9.17, 15) is 5.11 Å². The van der Waals surface area contributed by atoms with Crippen molar-refractivity contribution in [1.82, 2.24) is 9.97 Å². The van der Waals surface area contributed by atoms with Crippen molar-refractivity contribution < 1.29 is 5.11 Å². The van der Waals surface area contributed by atoms with E-state index in [0.717, 1.165) is 32.2 Å². The molecule has 2 rings (SSSR count). The van der Waals surface area contributed by atoms with Crippen LogP contribution in [0.15, 0.2) is 6.20 Å². The van der Waals surface area contributed by atoms with Crippen LogP contribution in [-0.2, 0) is 0 Å². The number of nitrogen functional groups attached to an aromatic ring is 1. The molecule has 5 N–H and O–H groups in total. The van der Waals surface area contributed by atoms with Gasteiger partial charge in [0.1, 0.15) is 5.02 Å². The average Bonchev–Trinajstić information content (AvgIpc) is 2.40. The summed E-state index contributed by atoms with van der Waals surface area (Å²) in [5.41, 5.74) is 2.38. The van der Waals surface area contributed by atoms with Crippen molar-refractivity contribution >= 4 is 23.4 Å². The molecule has 1 saturated carbocycles. The summed E-state index contributed by atoms with van der Waals surface area (Å²) in [6.07, 6.45) is 5.19. The van der Waals surface area contributed by atoms with Gasteiger partial charge in [-0.2, -0.15) is 4.98 Å². The quantitative estimate of drug-likeness (QED) is 0.488. The molecule has 0 atom stereocenters. The molecule has 100 valence electrons. The van der Waals surface area contributed by atoms with Gasteiger partial charge in [0.05, 0.1) is 12.3 Å². The lowest BCUT2D eigenvalue weighted by Gasteiger charge is -2.25. The van der Waals surface area contributed by atoms with Gasteiger partial charge in [0.2, 0.25) is 5.95 Å². The summed E-state index contributed by atoms with van der Waals surface area (Å²) in [5.74, 6) is 6.72. The van der Waals surface area contributed by atoms with Gasteiger partial charge in [-0.05, 0) is 31.6 Å². The fourth-order valence-electron chi connectivity index (χ4n) is 2.15. The number of aliphatic hydroxyl groups is 1. The summed E-state index contributed by atoms with van der Waals surface area (Å²) in [7, 11) is 0. The number of rotatable bonds is 4. The molecule has 1 fully saturated rings. The molecular formula is C11H18ClN5O. The van der Waals surface area contributed by atoms with Gasteiger partial charge in [-0.1, -0.05) is 11.6 Å². The molecule has 1 aromatic heterocycles. The van der Waals surface area contributed by atoms with Gasteiger partial charge >= 0.3 is 0 Å². The average molecular weight is 272 g/mol. The summed E-state index contributed by atoms with van der Waals surface area (Å²) < 4.78 is 0. The van der Waals surface area contributed by atoms with E-state index < -0.39 is 0 Å². The van der Waals surface area contributed by atoms with Crippen LogP contribution in [0.1, 0.15) is 25.7 Å². The first-order chi connectivity index (χ1) is 8.69. The van der Waals surface area contributed by atoms with E-state index in [4.69, 9.17) is 17.4 Å². The highest BCUT2D eigenvalue weighted by Gasteiger charge is 2.19. The maximum atomic E-state index is 9.44. The Morgan fingerprint density at radius 3 is 2.78 bits per heavy atom. The number of halogens is 1. The molecule has 0 bridgehead atoms. The third-order valence-electron chi connectivity index (χ3n) is 3.25. The fourth-order valence-corrected chi connectivity index (χ4v) is 2.31. The number of anilines is 2. The third-order valence-corrected chi connectivity index (χ3v) is 3.52. The van der Waals surface area contributed by atoms with Crippen LogP contribution in [0.3, 0.4) is 0 Å². The number of nitrogens with zero attached hydrogens (tertiary/aromatic N) is 2. The van der Waals surface area contributed by atoms with Gasteiger partial charge in [-0.3, -0.25) is 5.43 Å². The van der Waals surface area contributed by atoms with Crippen molar-refractivity contribution in [2.24, 2.45) is 11.8 Å². The summed E-state index contributed by atoms with van der Waals surface area (Å²) >= 11 is 6.00. The molecule has 0 saturated heterocycles. The Hall–Kier alpha value is -1.11. The molecule has 0 radical (unpaired) electrons. The highest BCUT2D eigenvalue weighted by Crippen LogP contribution is 2.25. The maximum Gasteiger partial charge on any atom is 0.239 e. The second kappa shape index (κ2) is 6.17. The zero-order valence-corrected chi connectivity index (χ0v) is 10.8. The van der Waals surface area contributed by atoms with Crippen molar-refractivity contribution in [2.75, 3.05) is 17.3 Å². The minimum Gasteiger partial charge on any atom is -0.393 e. The number of hydrogen-bond donors (Lipinski definition) is 4. The van der Waals surface area contributed by atoms with Gasteiger partial charge in [-0.25, -0.2) is 10.8 Å². The normalized spacial score (nSPS) is 23.7. The number of hydrazine groups is 1. The first kappa shape index (κ1) is 13.3. The molecule has 1 aliphatic carbocycles. The third kappa shape index (κ3) is 3.44. The first-order valence-corrected chi connectivity index (χ1v) is 6.48. The Balaban J connectivity index is 1.89. The van der Waals surface area contributed by atoms with Crippen LogP contribution in [0.5, 0.6) is 0 Å². The van der Waals surface area contributed by atoms with Gasteiger partial charge in [0.25, 0.3) is 0 Å². The zero-order chi connectivity index (χ0) is 13.0. The molecule has 6 nitrogen and oxygen atoms in total. The van der Waals surface area contributed by atoms with E-state index in [1.807, 2.05) is 0 Å². The highest BCUT2D eigenvalue weighted by molar-refractivity contribution is 6.32. The molecule has 18 heavy (non-hydrogen) atoms. The van der Waals surface area contributed by atoms with Crippen molar-refractivity contribution in [3.05, 3.63) is 11.2 Å².